The number of ether oxygens (including phenoxy) is 1. The first kappa shape index (κ1) is 20.5. The van der Waals surface area contributed by atoms with Crippen molar-refractivity contribution in [2.75, 3.05) is 7.11 Å². The topological polar surface area (TPSA) is 46.5 Å². The number of unbranched alkanes of at least 4 members (excludes halogenated alkanes) is 7. The van der Waals surface area contributed by atoms with Crippen molar-refractivity contribution in [1.82, 2.24) is 0 Å². The second kappa shape index (κ2) is 12.8. The Balaban J connectivity index is 1.86. The highest BCUT2D eigenvalue weighted by Crippen LogP contribution is 2.45. The van der Waals surface area contributed by atoms with Gasteiger partial charge in [-0.05, 0) is 37.5 Å². The minimum Gasteiger partial charge on any atom is -0.469 e. The highest BCUT2D eigenvalue weighted by Gasteiger charge is 2.37. The van der Waals surface area contributed by atoms with E-state index in [1.165, 1.54) is 64.9 Å². The van der Waals surface area contributed by atoms with E-state index in [9.17, 15) is 9.90 Å². The van der Waals surface area contributed by atoms with Gasteiger partial charge >= 0.3 is 5.97 Å². The molecule has 0 aromatic rings. The van der Waals surface area contributed by atoms with Gasteiger partial charge in [0.25, 0.3) is 0 Å². The van der Waals surface area contributed by atoms with Crippen LogP contribution in [0.5, 0.6) is 0 Å². The van der Waals surface area contributed by atoms with Gasteiger partial charge in [0.1, 0.15) is 0 Å². The molecule has 3 atom stereocenters. The van der Waals surface area contributed by atoms with Gasteiger partial charge in [-0.2, -0.15) is 0 Å². The van der Waals surface area contributed by atoms with Gasteiger partial charge in [0, 0.05) is 6.42 Å². The normalized spacial score (nSPS) is 21.2. The van der Waals surface area contributed by atoms with Crippen molar-refractivity contribution in [3.8, 4) is 0 Å². The van der Waals surface area contributed by atoms with Gasteiger partial charge in [0.15, 0.2) is 0 Å². The van der Waals surface area contributed by atoms with E-state index in [4.69, 9.17) is 0 Å². The molecule has 1 fully saturated rings. The standard InChI is InChI=1S/C20H38O3/c1-3-4-5-10-13-19(21)16-18-15-17(18)12-9-7-6-8-11-14-20(22)23-2/h17-19,21H,3-16H2,1-2H3/t17-,18-,19-/m1/s1. The summed E-state index contributed by atoms with van der Waals surface area (Å²) in [6, 6.07) is 0. The quantitative estimate of drug-likeness (QED) is 0.330. The summed E-state index contributed by atoms with van der Waals surface area (Å²) in [7, 11) is 1.45. The minimum absolute atomic E-state index is 0.0554. The van der Waals surface area contributed by atoms with Crippen LogP contribution in [0.2, 0.25) is 0 Å². The zero-order chi connectivity index (χ0) is 16.9. The smallest absolute Gasteiger partial charge is 0.305 e. The Kier molecular flexibility index (Phi) is 11.4. The molecule has 0 aromatic heterocycles. The third kappa shape index (κ3) is 10.8. The molecule has 0 saturated heterocycles. The van der Waals surface area contributed by atoms with E-state index in [2.05, 4.69) is 11.7 Å². The molecule has 0 radical (unpaired) electrons. The Morgan fingerprint density at radius 3 is 2.48 bits per heavy atom. The lowest BCUT2D eigenvalue weighted by molar-refractivity contribution is -0.140. The van der Waals surface area contributed by atoms with Crippen molar-refractivity contribution in [2.45, 2.75) is 103 Å². The van der Waals surface area contributed by atoms with Gasteiger partial charge in [-0.15, -0.1) is 0 Å². The van der Waals surface area contributed by atoms with E-state index < -0.39 is 0 Å². The number of hydrogen-bond donors (Lipinski definition) is 1. The van der Waals surface area contributed by atoms with Crippen LogP contribution in [0.15, 0.2) is 0 Å². The number of rotatable bonds is 15. The fourth-order valence-electron chi connectivity index (χ4n) is 3.53. The van der Waals surface area contributed by atoms with Crippen molar-refractivity contribution >= 4 is 5.97 Å². The monoisotopic (exact) mass is 326 g/mol. The number of methoxy groups -OCH3 is 1. The molecule has 23 heavy (non-hydrogen) atoms. The molecule has 0 heterocycles. The third-order valence-electron chi connectivity index (χ3n) is 5.22. The predicted octanol–water partition coefficient (Wildman–Crippen LogP) is 5.25. The molecule has 0 bridgehead atoms. The summed E-state index contributed by atoms with van der Waals surface area (Å²) in [6.07, 6.45) is 16.2. The Bertz CT molecular complexity index is 303. The van der Waals surface area contributed by atoms with Crippen molar-refractivity contribution in [2.24, 2.45) is 11.8 Å². The van der Waals surface area contributed by atoms with Crippen LogP contribution in [0.1, 0.15) is 96.8 Å². The van der Waals surface area contributed by atoms with Gasteiger partial charge in [0.2, 0.25) is 0 Å². The van der Waals surface area contributed by atoms with Gasteiger partial charge < -0.3 is 9.84 Å². The zero-order valence-electron chi connectivity index (χ0n) is 15.4. The van der Waals surface area contributed by atoms with E-state index in [0.29, 0.717) is 6.42 Å². The Hall–Kier alpha value is -0.570. The predicted molar refractivity (Wildman–Crippen MR) is 95.3 cm³/mol. The molecule has 0 aromatic carbocycles. The molecule has 1 saturated carbocycles. The first-order valence-electron chi connectivity index (χ1n) is 9.92. The molecule has 0 spiro atoms. The highest BCUT2D eigenvalue weighted by atomic mass is 16.5. The number of carbonyl (C=O) groups excluding carboxylic acids is 1. The number of esters is 1. The second-order valence-corrected chi connectivity index (χ2v) is 7.38. The fraction of sp³-hybridized carbons (Fsp3) is 0.950. The van der Waals surface area contributed by atoms with Crippen LogP contribution < -0.4 is 0 Å². The van der Waals surface area contributed by atoms with Crippen molar-refractivity contribution in [3.63, 3.8) is 0 Å². The largest absolute Gasteiger partial charge is 0.469 e. The summed E-state index contributed by atoms with van der Waals surface area (Å²) in [5, 5.41) is 10.1. The molecule has 1 N–H and O–H groups in total. The Morgan fingerprint density at radius 1 is 1.04 bits per heavy atom. The summed E-state index contributed by atoms with van der Waals surface area (Å²) in [5.74, 6) is 1.60. The molecule has 1 aliphatic carbocycles. The molecule has 3 heteroatoms. The van der Waals surface area contributed by atoms with Gasteiger partial charge in [-0.1, -0.05) is 64.7 Å². The summed E-state index contributed by atoms with van der Waals surface area (Å²) >= 11 is 0. The fourth-order valence-corrected chi connectivity index (χ4v) is 3.53. The maximum absolute atomic E-state index is 11.0. The lowest BCUT2D eigenvalue weighted by atomic mass is 10.0. The maximum atomic E-state index is 11.0. The Labute approximate surface area is 143 Å². The minimum atomic E-state index is -0.0842. The maximum Gasteiger partial charge on any atom is 0.305 e. The number of aliphatic hydroxyl groups excluding tert-OH is 1. The summed E-state index contributed by atoms with van der Waals surface area (Å²) in [6.45, 7) is 2.23. The van der Waals surface area contributed by atoms with E-state index in [0.717, 1.165) is 37.5 Å². The molecular formula is C20H38O3. The highest BCUT2D eigenvalue weighted by molar-refractivity contribution is 5.68. The van der Waals surface area contributed by atoms with Gasteiger partial charge in [0.05, 0.1) is 13.2 Å². The van der Waals surface area contributed by atoms with Gasteiger partial charge in [-0.3, -0.25) is 4.79 Å². The molecule has 136 valence electrons. The molecule has 0 aliphatic heterocycles. The zero-order valence-corrected chi connectivity index (χ0v) is 15.4. The van der Waals surface area contributed by atoms with Crippen LogP contribution in [0.3, 0.4) is 0 Å². The molecule has 0 amide bonds. The summed E-state index contributed by atoms with van der Waals surface area (Å²) in [4.78, 5) is 11.0. The van der Waals surface area contributed by atoms with Crippen LogP contribution in [0.25, 0.3) is 0 Å². The summed E-state index contributed by atoms with van der Waals surface area (Å²) in [5.41, 5.74) is 0. The van der Waals surface area contributed by atoms with E-state index >= 15 is 0 Å². The lowest BCUT2D eigenvalue weighted by Gasteiger charge is -2.10. The van der Waals surface area contributed by atoms with Crippen LogP contribution in [-0.2, 0) is 9.53 Å². The van der Waals surface area contributed by atoms with E-state index in [1.807, 2.05) is 0 Å². The number of hydrogen-bond acceptors (Lipinski definition) is 3. The molecular weight excluding hydrogens is 288 g/mol. The first-order chi connectivity index (χ1) is 11.2. The number of aliphatic hydroxyl groups is 1. The molecule has 1 aliphatic rings. The van der Waals surface area contributed by atoms with Crippen LogP contribution >= 0.6 is 0 Å². The lowest BCUT2D eigenvalue weighted by Crippen LogP contribution is -2.07. The van der Waals surface area contributed by atoms with Gasteiger partial charge in [-0.25, -0.2) is 0 Å². The average Bonchev–Trinajstić information content (AvgIpc) is 3.28. The van der Waals surface area contributed by atoms with Crippen molar-refractivity contribution in [3.05, 3.63) is 0 Å². The van der Waals surface area contributed by atoms with Crippen LogP contribution in [-0.4, -0.2) is 24.3 Å². The average molecular weight is 327 g/mol. The Morgan fingerprint density at radius 2 is 1.74 bits per heavy atom. The van der Waals surface area contributed by atoms with Crippen LogP contribution in [0, 0.1) is 11.8 Å². The number of carbonyl (C=O) groups is 1. The van der Waals surface area contributed by atoms with Crippen LogP contribution in [0.4, 0.5) is 0 Å². The third-order valence-corrected chi connectivity index (χ3v) is 5.22. The van der Waals surface area contributed by atoms with Crippen molar-refractivity contribution in [1.29, 1.82) is 0 Å². The van der Waals surface area contributed by atoms with Crippen molar-refractivity contribution < 1.29 is 14.6 Å². The second-order valence-electron chi connectivity index (χ2n) is 7.38. The molecule has 3 nitrogen and oxygen atoms in total. The summed E-state index contributed by atoms with van der Waals surface area (Å²) < 4.78 is 4.64. The first-order valence-corrected chi connectivity index (χ1v) is 9.92. The molecule has 0 unspecified atom stereocenters. The SMILES string of the molecule is CCCCCC[C@@H](O)C[C@H]1C[C@H]1CCCCCCCC(=O)OC. The molecule has 1 rings (SSSR count). The van der Waals surface area contributed by atoms with E-state index in [-0.39, 0.29) is 12.1 Å². The van der Waals surface area contributed by atoms with E-state index in [1.54, 1.807) is 0 Å².